The summed E-state index contributed by atoms with van der Waals surface area (Å²) in [6.07, 6.45) is 1.31. The maximum absolute atomic E-state index is 12.3. The van der Waals surface area contributed by atoms with Crippen molar-refractivity contribution in [1.29, 1.82) is 0 Å². The first-order valence-electron chi connectivity index (χ1n) is 7.42. The smallest absolute Gasteiger partial charge is 0.339 e. The molecule has 2 heterocycles. The van der Waals surface area contributed by atoms with Crippen molar-refractivity contribution in [3.63, 3.8) is 0 Å². The van der Waals surface area contributed by atoms with E-state index in [-0.39, 0.29) is 17.6 Å². The molecule has 0 fully saturated rings. The van der Waals surface area contributed by atoms with Crippen LogP contribution in [0.2, 0.25) is 0 Å². The molecule has 1 amide bonds. The van der Waals surface area contributed by atoms with Crippen LogP contribution in [-0.2, 0) is 4.74 Å². The lowest BCUT2D eigenvalue weighted by Gasteiger charge is -2.11. The SMILES string of the molecule is COC(=O)c1ccc(C(=O)NC(C)c2cc3ccccc3o2)nc1. The quantitative estimate of drug-likeness (QED) is 0.746. The molecule has 0 aliphatic heterocycles. The summed E-state index contributed by atoms with van der Waals surface area (Å²) in [6.45, 7) is 1.83. The van der Waals surface area contributed by atoms with Gasteiger partial charge in [-0.2, -0.15) is 0 Å². The van der Waals surface area contributed by atoms with Crippen LogP contribution in [0.15, 0.2) is 53.1 Å². The number of carbonyl (C=O) groups is 2. The largest absolute Gasteiger partial charge is 0.465 e. The van der Waals surface area contributed by atoms with Crippen molar-refractivity contribution in [3.05, 3.63) is 65.7 Å². The number of amides is 1. The number of methoxy groups -OCH3 is 1. The van der Waals surface area contributed by atoms with Gasteiger partial charge in [0.2, 0.25) is 0 Å². The summed E-state index contributed by atoms with van der Waals surface area (Å²) >= 11 is 0. The fraction of sp³-hybridized carbons (Fsp3) is 0.167. The van der Waals surface area contributed by atoms with Crippen LogP contribution in [-0.4, -0.2) is 24.0 Å². The zero-order valence-electron chi connectivity index (χ0n) is 13.3. The number of nitrogens with zero attached hydrogens (tertiary/aromatic N) is 1. The Bertz CT molecular complexity index is 850. The highest BCUT2D eigenvalue weighted by atomic mass is 16.5. The number of furan rings is 1. The van der Waals surface area contributed by atoms with E-state index in [1.54, 1.807) is 0 Å². The van der Waals surface area contributed by atoms with Gasteiger partial charge in [0.15, 0.2) is 0 Å². The van der Waals surface area contributed by atoms with Crippen LogP contribution < -0.4 is 5.32 Å². The molecule has 6 heteroatoms. The normalized spacial score (nSPS) is 11.9. The summed E-state index contributed by atoms with van der Waals surface area (Å²) < 4.78 is 10.3. The Morgan fingerprint density at radius 3 is 2.67 bits per heavy atom. The van der Waals surface area contributed by atoms with Crippen LogP contribution in [0.5, 0.6) is 0 Å². The number of para-hydroxylation sites is 1. The lowest BCUT2D eigenvalue weighted by atomic mass is 10.2. The number of fused-ring (bicyclic) bond motifs is 1. The highest BCUT2D eigenvalue weighted by molar-refractivity contribution is 5.94. The molecule has 0 radical (unpaired) electrons. The fourth-order valence-corrected chi connectivity index (χ4v) is 2.32. The van der Waals surface area contributed by atoms with E-state index in [9.17, 15) is 9.59 Å². The Hall–Kier alpha value is -3.15. The zero-order valence-corrected chi connectivity index (χ0v) is 13.3. The topological polar surface area (TPSA) is 81.4 Å². The Balaban J connectivity index is 1.72. The third kappa shape index (κ3) is 3.12. The van der Waals surface area contributed by atoms with Crippen LogP contribution in [0.3, 0.4) is 0 Å². The van der Waals surface area contributed by atoms with Crippen molar-refractivity contribution in [1.82, 2.24) is 10.3 Å². The van der Waals surface area contributed by atoms with Gasteiger partial charge in [-0.05, 0) is 31.2 Å². The van der Waals surface area contributed by atoms with Gasteiger partial charge < -0.3 is 14.5 Å². The van der Waals surface area contributed by atoms with Gasteiger partial charge in [-0.25, -0.2) is 4.79 Å². The summed E-state index contributed by atoms with van der Waals surface area (Å²) in [7, 11) is 1.29. The van der Waals surface area contributed by atoms with Gasteiger partial charge in [-0.3, -0.25) is 9.78 Å². The predicted molar refractivity (Wildman–Crippen MR) is 87.7 cm³/mol. The molecule has 0 aliphatic carbocycles. The van der Waals surface area contributed by atoms with Gasteiger partial charge in [0, 0.05) is 11.6 Å². The molecule has 122 valence electrons. The van der Waals surface area contributed by atoms with Gasteiger partial charge in [0.25, 0.3) is 5.91 Å². The standard InChI is InChI=1S/C18H16N2O4/c1-11(16-9-12-5-3-4-6-15(12)24-16)20-17(21)14-8-7-13(10-19-14)18(22)23-2/h3-11H,1-2H3,(H,20,21). The molecule has 1 unspecified atom stereocenters. The number of rotatable bonds is 4. The Morgan fingerprint density at radius 2 is 2.00 bits per heavy atom. The fourth-order valence-electron chi connectivity index (χ4n) is 2.32. The molecule has 24 heavy (non-hydrogen) atoms. The Labute approximate surface area is 138 Å². The van der Waals surface area contributed by atoms with E-state index in [1.807, 2.05) is 37.3 Å². The van der Waals surface area contributed by atoms with E-state index in [4.69, 9.17) is 4.42 Å². The first kappa shape index (κ1) is 15.7. The molecular weight excluding hydrogens is 308 g/mol. The lowest BCUT2D eigenvalue weighted by Crippen LogP contribution is -2.27. The van der Waals surface area contributed by atoms with Crippen molar-refractivity contribution >= 4 is 22.8 Å². The molecule has 1 N–H and O–H groups in total. The molecule has 0 spiro atoms. The van der Waals surface area contributed by atoms with Gasteiger partial charge in [-0.15, -0.1) is 0 Å². The minimum Gasteiger partial charge on any atom is -0.465 e. The van der Waals surface area contributed by atoms with Crippen LogP contribution >= 0.6 is 0 Å². The first-order valence-corrected chi connectivity index (χ1v) is 7.42. The summed E-state index contributed by atoms with van der Waals surface area (Å²) in [6, 6.07) is 12.2. The second-order valence-electron chi connectivity index (χ2n) is 5.31. The summed E-state index contributed by atoms with van der Waals surface area (Å²) in [5, 5.41) is 3.81. The second-order valence-corrected chi connectivity index (χ2v) is 5.31. The first-order chi connectivity index (χ1) is 11.6. The number of carbonyl (C=O) groups excluding carboxylic acids is 2. The van der Waals surface area contributed by atoms with Crippen LogP contribution in [0.25, 0.3) is 11.0 Å². The molecule has 1 atom stereocenters. The number of esters is 1. The minimum atomic E-state index is -0.495. The average molecular weight is 324 g/mol. The van der Waals surface area contributed by atoms with Gasteiger partial charge >= 0.3 is 5.97 Å². The number of pyridine rings is 1. The maximum atomic E-state index is 12.3. The van der Waals surface area contributed by atoms with Gasteiger partial charge in [-0.1, -0.05) is 18.2 Å². The summed E-state index contributed by atoms with van der Waals surface area (Å²) in [5.74, 6) is -0.180. The Kier molecular flexibility index (Phi) is 4.29. The van der Waals surface area contributed by atoms with Crippen molar-refractivity contribution in [2.45, 2.75) is 13.0 Å². The second kappa shape index (κ2) is 6.54. The van der Waals surface area contributed by atoms with Crippen molar-refractivity contribution in [3.8, 4) is 0 Å². The number of aromatic nitrogens is 1. The lowest BCUT2D eigenvalue weighted by molar-refractivity contribution is 0.0599. The number of benzene rings is 1. The number of ether oxygens (including phenoxy) is 1. The van der Waals surface area contributed by atoms with Crippen molar-refractivity contribution in [2.75, 3.05) is 7.11 Å². The molecule has 1 aromatic carbocycles. The molecule has 0 bridgehead atoms. The monoisotopic (exact) mass is 324 g/mol. The van der Waals surface area contributed by atoms with E-state index in [2.05, 4.69) is 15.0 Å². The highest BCUT2D eigenvalue weighted by Gasteiger charge is 2.16. The average Bonchev–Trinajstić information content (AvgIpc) is 3.05. The molecule has 2 aromatic heterocycles. The highest BCUT2D eigenvalue weighted by Crippen LogP contribution is 2.23. The molecule has 0 aliphatic rings. The zero-order chi connectivity index (χ0) is 17.1. The Morgan fingerprint density at radius 1 is 1.21 bits per heavy atom. The number of hydrogen-bond donors (Lipinski definition) is 1. The third-order valence-electron chi connectivity index (χ3n) is 3.64. The van der Waals surface area contributed by atoms with Crippen LogP contribution in [0.4, 0.5) is 0 Å². The molecule has 3 aromatic rings. The molecule has 3 rings (SSSR count). The maximum Gasteiger partial charge on any atom is 0.339 e. The third-order valence-corrected chi connectivity index (χ3v) is 3.64. The van der Waals surface area contributed by atoms with E-state index in [0.29, 0.717) is 11.3 Å². The molecular formula is C18H16N2O4. The minimum absolute atomic E-state index is 0.214. The predicted octanol–water partition coefficient (Wildman–Crippen LogP) is 3.11. The molecule has 6 nitrogen and oxygen atoms in total. The van der Waals surface area contributed by atoms with Crippen LogP contribution in [0.1, 0.15) is 39.6 Å². The van der Waals surface area contributed by atoms with Crippen molar-refractivity contribution < 1.29 is 18.7 Å². The van der Waals surface area contributed by atoms with E-state index in [1.165, 1.54) is 25.4 Å². The van der Waals surface area contributed by atoms with E-state index in [0.717, 1.165) is 11.0 Å². The van der Waals surface area contributed by atoms with Gasteiger partial charge in [0.1, 0.15) is 17.0 Å². The molecule has 0 saturated carbocycles. The molecule has 0 saturated heterocycles. The number of nitrogens with one attached hydrogen (secondary N) is 1. The van der Waals surface area contributed by atoms with Crippen LogP contribution in [0, 0.1) is 0 Å². The van der Waals surface area contributed by atoms with Gasteiger partial charge in [0.05, 0.1) is 18.7 Å². The van der Waals surface area contributed by atoms with E-state index >= 15 is 0 Å². The summed E-state index contributed by atoms with van der Waals surface area (Å²) in [5.41, 5.74) is 1.28. The van der Waals surface area contributed by atoms with E-state index < -0.39 is 5.97 Å². The summed E-state index contributed by atoms with van der Waals surface area (Å²) in [4.78, 5) is 27.6. The number of hydrogen-bond acceptors (Lipinski definition) is 5. The van der Waals surface area contributed by atoms with Crippen molar-refractivity contribution in [2.24, 2.45) is 0 Å².